The first-order valence-corrected chi connectivity index (χ1v) is 5.45. The fourth-order valence-corrected chi connectivity index (χ4v) is 1.70. The highest BCUT2D eigenvalue weighted by Gasteiger charge is 2.15. The number of hydrogen-bond donors (Lipinski definition) is 2. The molecule has 0 radical (unpaired) electrons. The third-order valence-corrected chi connectivity index (χ3v) is 2.15. The van der Waals surface area contributed by atoms with Crippen LogP contribution in [0, 0.1) is 0 Å². The van der Waals surface area contributed by atoms with Gasteiger partial charge in [0.25, 0.3) is 0 Å². The Hall–Kier alpha value is -1.13. The molecule has 1 rings (SSSR count). The fraction of sp³-hybridized carbons (Fsp3) is 0.583. The molecule has 0 amide bonds. The number of nitrogens with one attached hydrogen (secondary N) is 1. The molecular weight excluding hydrogens is 202 g/mol. The third kappa shape index (κ3) is 4.59. The fourth-order valence-electron chi connectivity index (χ4n) is 1.70. The molecule has 0 saturated carbocycles. The Labute approximate surface area is 97.3 Å². The summed E-state index contributed by atoms with van der Waals surface area (Å²) < 4.78 is 0. The average molecular weight is 223 g/mol. The Morgan fingerprint density at radius 3 is 2.69 bits per heavy atom. The van der Waals surface area contributed by atoms with Gasteiger partial charge in [-0.2, -0.15) is 0 Å². The molecule has 2 N–H and O–H groups in total. The molecule has 1 heterocycles. The summed E-state index contributed by atoms with van der Waals surface area (Å²) in [5.74, 6) is 0.870. The summed E-state index contributed by atoms with van der Waals surface area (Å²) in [4.78, 5) is 6.48. The lowest BCUT2D eigenvalue weighted by atomic mass is 10.1. The van der Waals surface area contributed by atoms with E-state index in [1.807, 2.05) is 32.3 Å². The van der Waals surface area contributed by atoms with E-state index < -0.39 is 5.60 Å². The number of hydrogen-bond acceptors (Lipinski definition) is 4. The van der Waals surface area contributed by atoms with Crippen LogP contribution < -0.4 is 5.32 Å². The van der Waals surface area contributed by atoms with E-state index >= 15 is 0 Å². The van der Waals surface area contributed by atoms with Crippen LogP contribution in [0.15, 0.2) is 18.2 Å². The average Bonchev–Trinajstić information content (AvgIpc) is 2.15. The van der Waals surface area contributed by atoms with Gasteiger partial charge in [-0.1, -0.05) is 6.07 Å². The number of nitrogens with zero attached hydrogens (tertiary/aromatic N) is 2. The lowest BCUT2D eigenvalue weighted by molar-refractivity contribution is 0.0422. The van der Waals surface area contributed by atoms with Crippen molar-refractivity contribution in [3.8, 4) is 0 Å². The molecule has 1 aromatic heterocycles. The van der Waals surface area contributed by atoms with Gasteiger partial charge in [0, 0.05) is 20.1 Å². The molecule has 1 aromatic rings. The van der Waals surface area contributed by atoms with Crippen molar-refractivity contribution in [3.05, 3.63) is 23.9 Å². The Balaban J connectivity index is 2.59. The summed E-state index contributed by atoms with van der Waals surface area (Å²) in [7, 11) is 3.83. The number of likely N-dealkylation sites (N-methyl/N-ethyl adjacent to an activating group) is 1. The Bertz CT molecular complexity index is 333. The third-order valence-electron chi connectivity index (χ3n) is 2.15. The van der Waals surface area contributed by atoms with Crippen molar-refractivity contribution in [2.75, 3.05) is 26.0 Å². The smallest absolute Gasteiger partial charge is 0.126 e. The molecule has 0 bridgehead atoms. The van der Waals surface area contributed by atoms with Crippen LogP contribution in [0.5, 0.6) is 0 Å². The molecule has 0 aliphatic rings. The van der Waals surface area contributed by atoms with Gasteiger partial charge < -0.3 is 10.4 Å². The maximum Gasteiger partial charge on any atom is 0.126 e. The van der Waals surface area contributed by atoms with Crippen LogP contribution in [0.25, 0.3) is 0 Å². The van der Waals surface area contributed by atoms with Gasteiger partial charge in [-0.15, -0.1) is 0 Å². The molecule has 0 spiro atoms. The predicted molar refractivity (Wildman–Crippen MR) is 66.4 cm³/mol. The summed E-state index contributed by atoms with van der Waals surface area (Å²) in [6.07, 6.45) is 0. The molecule has 0 unspecified atom stereocenters. The normalized spacial score (nSPS) is 11.9. The molecule has 0 atom stereocenters. The van der Waals surface area contributed by atoms with Crippen LogP contribution in [0.3, 0.4) is 0 Å². The Morgan fingerprint density at radius 2 is 2.12 bits per heavy atom. The molecule has 4 nitrogen and oxygen atoms in total. The van der Waals surface area contributed by atoms with Crippen LogP contribution in [0.2, 0.25) is 0 Å². The summed E-state index contributed by atoms with van der Waals surface area (Å²) in [5, 5.41) is 12.7. The highest BCUT2D eigenvalue weighted by molar-refractivity contribution is 5.34. The summed E-state index contributed by atoms with van der Waals surface area (Å²) in [5.41, 5.74) is 0.327. The van der Waals surface area contributed by atoms with Crippen molar-refractivity contribution < 1.29 is 5.11 Å². The van der Waals surface area contributed by atoms with Gasteiger partial charge in [0.05, 0.1) is 11.3 Å². The summed E-state index contributed by atoms with van der Waals surface area (Å²) in [6, 6.07) is 5.90. The zero-order chi connectivity index (χ0) is 12.2. The van der Waals surface area contributed by atoms with Crippen molar-refractivity contribution in [2.45, 2.75) is 26.0 Å². The number of rotatable bonds is 5. The van der Waals surface area contributed by atoms with E-state index in [0.29, 0.717) is 6.54 Å². The van der Waals surface area contributed by atoms with E-state index in [2.05, 4.69) is 15.2 Å². The number of aromatic nitrogens is 1. The van der Waals surface area contributed by atoms with Crippen LogP contribution in [-0.2, 0) is 6.54 Å². The van der Waals surface area contributed by atoms with Crippen LogP contribution in [0.1, 0.15) is 19.5 Å². The first-order valence-electron chi connectivity index (χ1n) is 5.45. The van der Waals surface area contributed by atoms with Gasteiger partial charge >= 0.3 is 0 Å². The van der Waals surface area contributed by atoms with Crippen LogP contribution in [0.4, 0.5) is 5.82 Å². The van der Waals surface area contributed by atoms with Crippen molar-refractivity contribution in [1.82, 2.24) is 9.88 Å². The highest BCUT2D eigenvalue weighted by atomic mass is 16.3. The summed E-state index contributed by atoms with van der Waals surface area (Å²) in [6.45, 7) is 4.97. The Kier molecular flexibility index (Phi) is 4.26. The van der Waals surface area contributed by atoms with Gasteiger partial charge in [0.2, 0.25) is 0 Å². The maximum absolute atomic E-state index is 9.69. The van der Waals surface area contributed by atoms with E-state index in [9.17, 15) is 5.11 Å². The second-order valence-corrected chi connectivity index (χ2v) is 4.75. The predicted octanol–water partition coefficient (Wildman–Crippen LogP) is 1.33. The van der Waals surface area contributed by atoms with E-state index in [0.717, 1.165) is 18.1 Å². The lowest BCUT2D eigenvalue weighted by Crippen LogP contribution is -2.36. The second-order valence-electron chi connectivity index (χ2n) is 4.75. The number of anilines is 1. The zero-order valence-corrected chi connectivity index (χ0v) is 10.5. The van der Waals surface area contributed by atoms with Gasteiger partial charge in [-0.3, -0.25) is 4.90 Å². The molecule has 0 saturated heterocycles. The number of aliphatic hydroxyl groups is 1. The molecule has 0 aromatic carbocycles. The van der Waals surface area contributed by atoms with Crippen molar-refractivity contribution >= 4 is 5.82 Å². The van der Waals surface area contributed by atoms with E-state index in [1.165, 1.54) is 0 Å². The molecule has 4 heteroatoms. The van der Waals surface area contributed by atoms with Gasteiger partial charge in [0.15, 0.2) is 0 Å². The first-order chi connectivity index (χ1) is 7.40. The first kappa shape index (κ1) is 12.9. The molecule has 0 aliphatic heterocycles. The minimum absolute atomic E-state index is 0.623. The zero-order valence-electron chi connectivity index (χ0n) is 10.5. The van der Waals surface area contributed by atoms with E-state index in [-0.39, 0.29) is 0 Å². The highest BCUT2D eigenvalue weighted by Crippen LogP contribution is 2.09. The second kappa shape index (κ2) is 5.27. The largest absolute Gasteiger partial charge is 0.389 e. The SMILES string of the molecule is CNc1cccc(CN(C)CC(C)(C)O)n1. The molecule has 90 valence electrons. The van der Waals surface area contributed by atoms with Crippen LogP contribution >= 0.6 is 0 Å². The maximum atomic E-state index is 9.69. The molecule has 0 aliphatic carbocycles. The summed E-state index contributed by atoms with van der Waals surface area (Å²) >= 11 is 0. The van der Waals surface area contributed by atoms with Crippen molar-refractivity contribution in [3.63, 3.8) is 0 Å². The van der Waals surface area contributed by atoms with Crippen molar-refractivity contribution in [1.29, 1.82) is 0 Å². The van der Waals surface area contributed by atoms with E-state index in [4.69, 9.17) is 0 Å². The topological polar surface area (TPSA) is 48.4 Å². The van der Waals surface area contributed by atoms with Gasteiger partial charge in [-0.25, -0.2) is 4.98 Å². The van der Waals surface area contributed by atoms with E-state index in [1.54, 1.807) is 13.8 Å². The molecule has 0 fully saturated rings. The minimum Gasteiger partial charge on any atom is -0.389 e. The van der Waals surface area contributed by atoms with Crippen molar-refractivity contribution in [2.24, 2.45) is 0 Å². The van der Waals surface area contributed by atoms with Crippen LogP contribution in [-0.4, -0.2) is 41.2 Å². The Morgan fingerprint density at radius 1 is 1.44 bits per heavy atom. The monoisotopic (exact) mass is 223 g/mol. The molecule has 16 heavy (non-hydrogen) atoms. The quantitative estimate of drug-likeness (QED) is 0.790. The number of pyridine rings is 1. The molecular formula is C12H21N3O. The standard InChI is InChI=1S/C12H21N3O/c1-12(2,16)9-15(4)8-10-6-5-7-11(13-3)14-10/h5-7,16H,8-9H2,1-4H3,(H,13,14). The van der Waals surface area contributed by atoms with Gasteiger partial charge in [-0.05, 0) is 33.0 Å². The lowest BCUT2D eigenvalue weighted by Gasteiger charge is -2.25. The van der Waals surface area contributed by atoms with Gasteiger partial charge in [0.1, 0.15) is 5.82 Å². The minimum atomic E-state index is -0.671.